The van der Waals surface area contributed by atoms with Crippen LogP contribution in [0.1, 0.15) is 35.8 Å². The Balaban J connectivity index is 1.68. The molecule has 0 fully saturated rings. The molecule has 2 heterocycles. The number of carbonyl (C=O) groups is 1. The van der Waals surface area contributed by atoms with E-state index in [0.29, 0.717) is 29.2 Å². The standard InChI is InChI=1S/C22H21N5O2/c1-15(2)27-14-23-18-19(27)24-22(25-20(28)17-11-7-4-8-12-17)26-21(18)29-13-16-9-5-3-6-10-16/h3-12,14-15H,13H2,1-2H3,(H,24,25,26,28). The Morgan fingerprint density at radius 2 is 1.72 bits per heavy atom. The highest BCUT2D eigenvalue weighted by Gasteiger charge is 2.17. The molecule has 0 bridgehead atoms. The van der Waals surface area contributed by atoms with Crippen LogP contribution in [0.3, 0.4) is 0 Å². The molecule has 0 saturated carbocycles. The molecular weight excluding hydrogens is 366 g/mol. The van der Waals surface area contributed by atoms with Crippen LogP contribution in [0.4, 0.5) is 5.95 Å². The van der Waals surface area contributed by atoms with Gasteiger partial charge in [0.25, 0.3) is 5.91 Å². The second-order valence-corrected chi connectivity index (χ2v) is 6.86. The van der Waals surface area contributed by atoms with Crippen LogP contribution < -0.4 is 10.1 Å². The lowest BCUT2D eigenvalue weighted by Gasteiger charge is -2.11. The molecule has 7 nitrogen and oxygen atoms in total. The lowest BCUT2D eigenvalue weighted by Crippen LogP contribution is -2.15. The van der Waals surface area contributed by atoms with E-state index in [1.54, 1.807) is 30.6 Å². The van der Waals surface area contributed by atoms with Crippen molar-refractivity contribution >= 4 is 23.0 Å². The van der Waals surface area contributed by atoms with Crippen molar-refractivity contribution in [2.24, 2.45) is 0 Å². The molecule has 0 radical (unpaired) electrons. The summed E-state index contributed by atoms with van der Waals surface area (Å²) in [5, 5.41) is 2.76. The van der Waals surface area contributed by atoms with Gasteiger partial charge in [-0.3, -0.25) is 10.1 Å². The van der Waals surface area contributed by atoms with Crippen LogP contribution in [0.15, 0.2) is 67.0 Å². The average Bonchev–Trinajstić information content (AvgIpc) is 3.18. The molecule has 7 heteroatoms. The molecule has 0 spiro atoms. The van der Waals surface area contributed by atoms with Crippen LogP contribution in [0.5, 0.6) is 5.88 Å². The number of fused-ring (bicyclic) bond motifs is 1. The van der Waals surface area contributed by atoms with Gasteiger partial charge in [0, 0.05) is 11.6 Å². The van der Waals surface area contributed by atoms with E-state index in [4.69, 9.17) is 4.74 Å². The summed E-state index contributed by atoms with van der Waals surface area (Å²) >= 11 is 0. The molecule has 0 atom stereocenters. The Labute approximate surface area is 168 Å². The number of benzene rings is 2. The number of hydrogen-bond acceptors (Lipinski definition) is 5. The van der Waals surface area contributed by atoms with Crippen molar-refractivity contribution in [3.63, 3.8) is 0 Å². The van der Waals surface area contributed by atoms with Crippen LogP contribution in [0.25, 0.3) is 11.2 Å². The highest BCUT2D eigenvalue weighted by atomic mass is 16.5. The van der Waals surface area contributed by atoms with Gasteiger partial charge in [0.05, 0.1) is 6.33 Å². The van der Waals surface area contributed by atoms with E-state index in [-0.39, 0.29) is 17.9 Å². The van der Waals surface area contributed by atoms with E-state index in [2.05, 4.69) is 20.3 Å². The molecule has 4 aromatic rings. The van der Waals surface area contributed by atoms with E-state index in [1.807, 2.05) is 54.8 Å². The predicted molar refractivity (Wildman–Crippen MR) is 111 cm³/mol. The summed E-state index contributed by atoms with van der Waals surface area (Å²) in [6.45, 7) is 4.42. The van der Waals surface area contributed by atoms with Crippen LogP contribution >= 0.6 is 0 Å². The first-order valence-corrected chi connectivity index (χ1v) is 9.39. The quantitative estimate of drug-likeness (QED) is 0.535. The molecule has 146 valence electrons. The number of amides is 1. The molecule has 0 aliphatic rings. The third-order valence-corrected chi connectivity index (χ3v) is 4.43. The van der Waals surface area contributed by atoms with Crippen molar-refractivity contribution in [3.8, 4) is 5.88 Å². The monoisotopic (exact) mass is 387 g/mol. The SMILES string of the molecule is CC(C)n1cnc2c(OCc3ccccc3)nc(NC(=O)c3ccccc3)nc21. The minimum Gasteiger partial charge on any atom is -0.471 e. The third-order valence-electron chi connectivity index (χ3n) is 4.43. The van der Waals surface area contributed by atoms with Crippen molar-refractivity contribution in [3.05, 3.63) is 78.1 Å². The summed E-state index contributed by atoms with van der Waals surface area (Å²) in [5.74, 6) is 0.230. The second kappa shape index (κ2) is 8.10. The minimum atomic E-state index is -0.283. The van der Waals surface area contributed by atoms with Gasteiger partial charge < -0.3 is 9.30 Å². The van der Waals surface area contributed by atoms with Crippen LogP contribution in [-0.2, 0) is 6.61 Å². The minimum absolute atomic E-state index is 0.148. The van der Waals surface area contributed by atoms with Gasteiger partial charge in [-0.15, -0.1) is 0 Å². The zero-order chi connectivity index (χ0) is 20.2. The van der Waals surface area contributed by atoms with E-state index >= 15 is 0 Å². The van der Waals surface area contributed by atoms with Crippen molar-refractivity contribution in [1.29, 1.82) is 0 Å². The average molecular weight is 387 g/mol. The van der Waals surface area contributed by atoms with E-state index in [1.165, 1.54) is 0 Å². The first-order chi connectivity index (χ1) is 14.1. The molecule has 0 aliphatic heterocycles. The molecule has 29 heavy (non-hydrogen) atoms. The largest absolute Gasteiger partial charge is 0.471 e. The first kappa shape index (κ1) is 18.6. The number of nitrogens with one attached hydrogen (secondary N) is 1. The van der Waals surface area contributed by atoms with E-state index in [9.17, 15) is 4.79 Å². The summed E-state index contributed by atoms with van der Waals surface area (Å²) in [4.78, 5) is 25.9. The highest BCUT2D eigenvalue weighted by Crippen LogP contribution is 2.26. The Morgan fingerprint density at radius 3 is 2.41 bits per heavy atom. The second-order valence-electron chi connectivity index (χ2n) is 6.86. The highest BCUT2D eigenvalue weighted by molar-refractivity contribution is 6.03. The topological polar surface area (TPSA) is 81.9 Å². The molecule has 4 rings (SSSR count). The smallest absolute Gasteiger partial charge is 0.258 e. The molecule has 1 amide bonds. The van der Waals surface area contributed by atoms with Crippen molar-refractivity contribution in [1.82, 2.24) is 19.5 Å². The third kappa shape index (κ3) is 4.08. The first-order valence-electron chi connectivity index (χ1n) is 9.39. The Hall–Kier alpha value is -3.74. The maximum atomic E-state index is 12.5. The molecule has 0 unspecified atom stereocenters. The number of anilines is 1. The number of imidazole rings is 1. The van der Waals surface area contributed by atoms with Gasteiger partial charge in [-0.05, 0) is 31.5 Å². The Morgan fingerprint density at radius 1 is 1.03 bits per heavy atom. The van der Waals surface area contributed by atoms with Crippen LogP contribution in [0, 0.1) is 0 Å². The van der Waals surface area contributed by atoms with Gasteiger partial charge in [0.2, 0.25) is 11.8 Å². The molecule has 2 aromatic heterocycles. The summed E-state index contributed by atoms with van der Waals surface area (Å²) < 4.78 is 7.87. The zero-order valence-corrected chi connectivity index (χ0v) is 16.2. The number of hydrogen-bond donors (Lipinski definition) is 1. The molecule has 0 aliphatic carbocycles. The molecular formula is C22H21N5O2. The van der Waals surface area contributed by atoms with Gasteiger partial charge in [0.15, 0.2) is 11.2 Å². The maximum Gasteiger partial charge on any atom is 0.258 e. The maximum absolute atomic E-state index is 12.5. The summed E-state index contributed by atoms with van der Waals surface area (Å²) in [5.41, 5.74) is 2.71. The zero-order valence-electron chi connectivity index (χ0n) is 16.2. The fraction of sp³-hybridized carbons (Fsp3) is 0.182. The summed E-state index contributed by atoms with van der Waals surface area (Å²) in [6, 6.07) is 18.9. The van der Waals surface area contributed by atoms with E-state index < -0.39 is 0 Å². The number of carbonyl (C=O) groups excluding carboxylic acids is 1. The van der Waals surface area contributed by atoms with Gasteiger partial charge in [-0.2, -0.15) is 9.97 Å². The van der Waals surface area contributed by atoms with Crippen LogP contribution in [0.2, 0.25) is 0 Å². The molecule has 0 saturated heterocycles. The lowest BCUT2D eigenvalue weighted by atomic mass is 10.2. The van der Waals surface area contributed by atoms with Crippen molar-refractivity contribution in [2.75, 3.05) is 5.32 Å². The van der Waals surface area contributed by atoms with Gasteiger partial charge >= 0.3 is 0 Å². The summed E-state index contributed by atoms with van der Waals surface area (Å²) in [7, 11) is 0. The van der Waals surface area contributed by atoms with Crippen LogP contribution in [-0.4, -0.2) is 25.4 Å². The Bertz CT molecular complexity index is 1120. The Kier molecular flexibility index (Phi) is 5.20. The normalized spacial score (nSPS) is 11.0. The lowest BCUT2D eigenvalue weighted by molar-refractivity contribution is 0.102. The molecule has 1 N–H and O–H groups in total. The van der Waals surface area contributed by atoms with Crippen molar-refractivity contribution < 1.29 is 9.53 Å². The van der Waals surface area contributed by atoms with Gasteiger partial charge in [-0.1, -0.05) is 48.5 Å². The predicted octanol–water partition coefficient (Wildman–Crippen LogP) is 4.24. The fourth-order valence-electron chi connectivity index (χ4n) is 2.91. The fourth-order valence-corrected chi connectivity index (χ4v) is 2.91. The summed E-state index contributed by atoms with van der Waals surface area (Å²) in [6.07, 6.45) is 1.71. The number of nitrogens with zero attached hydrogens (tertiary/aromatic N) is 4. The number of ether oxygens (including phenoxy) is 1. The van der Waals surface area contributed by atoms with Gasteiger partial charge in [-0.25, -0.2) is 4.98 Å². The number of rotatable bonds is 6. The van der Waals surface area contributed by atoms with Gasteiger partial charge in [0.1, 0.15) is 6.61 Å². The molecule has 2 aromatic carbocycles. The van der Waals surface area contributed by atoms with E-state index in [0.717, 1.165) is 5.56 Å². The number of aromatic nitrogens is 4. The van der Waals surface area contributed by atoms with Crippen molar-refractivity contribution in [2.45, 2.75) is 26.5 Å².